The molecule has 6 nitrogen and oxygen atoms in total. The molecule has 0 fully saturated rings. The van der Waals surface area contributed by atoms with Gasteiger partial charge in [0.05, 0.1) is 0 Å². The maximum absolute atomic E-state index is 12.1. The maximum atomic E-state index is 12.1. The van der Waals surface area contributed by atoms with Gasteiger partial charge in [-0.05, 0) is 61.8 Å². The van der Waals surface area contributed by atoms with Crippen LogP contribution in [0, 0.1) is 20.8 Å². The van der Waals surface area contributed by atoms with E-state index in [2.05, 4.69) is 16.2 Å². The van der Waals surface area contributed by atoms with Gasteiger partial charge in [-0.15, -0.1) is 0 Å². The summed E-state index contributed by atoms with van der Waals surface area (Å²) in [6.45, 7) is 5.50. The van der Waals surface area contributed by atoms with Crippen molar-refractivity contribution in [2.24, 2.45) is 0 Å². The monoisotopic (exact) mass is 371 g/mol. The van der Waals surface area contributed by atoms with E-state index in [0.29, 0.717) is 11.3 Å². The highest BCUT2D eigenvalue weighted by molar-refractivity contribution is 7.80. The zero-order valence-electron chi connectivity index (χ0n) is 14.9. The Morgan fingerprint density at radius 2 is 1.73 bits per heavy atom. The smallest absolute Gasteiger partial charge is 0.269 e. The van der Waals surface area contributed by atoms with Gasteiger partial charge >= 0.3 is 0 Å². The number of rotatable bonds is 4. The minimum atomic E-state index is -0.423. The number of ether oxygens (including phenoxy) is 1. The Bertz CT molecular complexity index is 837. The first-order valence-electron chi connectivity index (χ1n) is 8.02. The fourth-order valence-electron chi connectivity index (χ4n) is 2.21. The zero-order chi connectivity index (χ0) is 19.1. The maximum Gasteiger partial charge on any atom is 0.269 e. The second-order valence-electron chi connectivity index (χ2n) is 5.83. The van der Waals surface area contributed by atoms with Gasteiger partial charge in [-0.3, -0.25) is 25.8 Å². The molecule has 0 radical (unpaired) electrons. The molecule has 0 bridgehead atoms. The Balaban J connectivity index is 1.78. The number of carbonyl (C=O) groups excluding carboxylic acids is 2. The molecule has 0 aliphatic heterocycles. The van der Waals surface area contributed by atoms with Gasteiger partial charge in [0, 0.05) is 5.56 Å². The summed E-state index contributed by atoms with van der Waals surface area (Å²) in [5.41, 5.74) is 8.29. The van der Waals surface area contributed by atoms with Crippen LogP contribution in [-0.2, 0) is 4.79 Å². The first kappa shape index (κ1) is 19.4. The third kappa shape index (κ3) is 5.56. The third-order valence-electron chi connectivity index (χ3n) is 3.63. The summed E-state index contributed by atoms with van der Waals surface area (Å²) < 4.78 is 5.50. The van der Waals surface area contributed by atoms with E-state index in [1.807, 2.05) is 51.1 Å². The number of hydrogen-bond acceptors (Lipinski definition) is 4. The fraction of sp³-hybridized carbons (Fsp3) is 0.211. The molecule has 136 valence electrons. The van der Waals surface area contributed by atoms with E-state index in [4.69, 9.17) is 17.0 Å². The topological polar surface area (TPSA) is 79.5 Å². The molecule has 0 unspecified atom stereocenters. The number of benzene rings is 2. The van der Waals surface area contributed by atoms with Crippen molar-refractivity contribution in [1.29, 1.82) is 0 Å². The highest BCUT2D eigenvalue weighted by atomic mass is 32.1. The summed E-state index contributed by atoms with van der Waals surface area (Å²) in [7, 11) is 0. The zero-order valence-corrected chi connectivity index (χ0v) is 15.7. The van der Waals surface area contributed by atoms with Crippen LogP contribution < -0.4 is 20.9 Å². The van der Waals surface area contributed by atoms with E-state index in [9.17, 15) is 9.59 Å². The summed E-state index contributed by atoms with van der Waals surface area (Å²) in [4.78, 5) is 24.0. The van der Waals surface area contributed by atoms with Gasteiger partial charge in [-0.2, -0.15) is 0 Å². The van der Waals surface area contributed by atoms with E-state index in [-0.39, 0.29) is 17.6 Å². The lowest BCUT2D eigenvalue weighted by atomic mass is 10.1. The SMILES string of the molecule is Cc1ccc(C)c(OCC(=O)NC(=S)NNC(=O)c2ccccc2C)c1. The summed E-state index contributed by atoms with van der Waals surface area (Å²) in [6, 6.07) is 12.9. The van der Waals surface area contributed by atoms with Crippen LogP contribution in [0.25, 0.3) is 0 Å². The van der Waals surface area contributed by atoms with Crippen molar-refractivity contribution in [3.05, 3.63) is 64.7 Å². The molecule has 2 amide bonds. The standard InChI is InChI=1S/C19H21N3O3S/c1-12-8-9-14(3)16(10-12)25-11-17(23)20-19(26)22-21-18(24)15-7-5-4-6-13(15)2/h4-10H,11H2,1-3H3,(H,21,24)(H2,20,22,23,26). The molecule has 2 aromatic carbocycles. The van der Waals surface area contributed by atoms with E-state index in [1.165, 1.54) is 0 Å². The predicted molar refractivity (Wildman–Crippen MR) is 104 cm³/mol. The van der Waals surface area contributed by atoms with Gasteiger partial charge in [0.2, 0.25) is 0 Å². The number of amides is 2. The van der Waals surface area contributed by atoms with Crippen molar-refractivity contribution in [3.63, 3.8) is 0 Å². The molecular formula is C19H21N3O3S. The molecule has 0 atom stereocenters. The molecule has 26 heavy (non-hydrogen) atoms. The lowest BCUT2D eigenvalue weighted by Gasteiger charge is -2.13. The average molecular weight is 371 g/mol. The Morgan fingerprint density at radius 3 is 2.46 bits per heavy atom. The number of thiocarbonyl (C=S) groups is 1. The van der Waals surface area contributed by atoms with Crippen LogP contribution in [0.1, 0.15) is 27.0 Å². The van der Waals surface area contributed by atoms with Crippen molar-refractivity contribution >= 4 is 29.1 Å². The highest BCUT2D eigenvalue weighted by Gasteiger charge is 2.10. The lowest BCUT2D eigenvalue weighted by Crippen LogP contribution is -2.49. The first-order chi connectivity index (χ1) is 12.4. The van der Waals surface area contributed by atoms with Crippen LogP contribution in [-0.4, -0.2) is 23.5 Å². The van der Waals surface area contributed by atoms with Gasteiger partial charge in [0.25, 0.3) is 11.8 Å². The number of nitrogens with one attached hydrogen (secondary N) is 3. The molecule has 0 aromatic heterocycles. The quantitative estimate of drug-likeness (QED) is 0.568. The molecule has 0 heterocycles. The molecule has 2 aromatic rings. The van der Waals surface area contributed by atoms with E-state index in [0.717, 1.165) is 16.7 Å². The summed E-state index contributed by atoms with van der Waals surface area (Å²) in [5.74, 6) is -0.119. The molecule has 0 saturated heterocycles. The third-order valence-corrected chi connectivity index (χ3v) is 3.84. The molecule has 3 N–H and O–H groups in total. The molecule has 0 aliphatic carbocycles. The average Bonchev–Trinajstić information content (AvgIpc) is 2.61. The van der Waals surface area contributed by atoms with Crippen molar-refractivity contribution < 1.29 is 14.3 Å². The minimum Gasteiger partial charge on any atom is -0.483 e. The largest absolute Gasteiger partial charge is 0.483 e. The second kappa shape index (κ2) is 8.96. The van der Waals surface area contributed by atoms with Crippen molar-refractivity contribution in [3.8, 4) is 5.75 Å². The van der Waals surface area contributed by atoms with Crippen molar-refractivity contribution in [1.82, 2.24) is 16.2 Å². The normalized spacial score (nSPS) is 9.96. The second-order valence-corrected chi connectivity index (χ2v) is 6.24. The van der Waals surface area contributed by atoms with Gasteiger partial charge in [0.15, 0.2) is 11.7 Å². The Morgan fingerprint density at radius 1 is 1.00 bits per heavy atom. The minimum absolute atomic E-state index is 0.0125. The van der Waals surface area contributed by atoms with E-state index < -0.39 is 5.91 Å². The van der Waals surface area contributed by atoms with E-state index in [1.54, 1.807) is 12.1 Å². The fourth-order valence-corrected chi connectivity index (χ4v) is 2.37. The predicted octanol–water partition coefficient (Wildman–Crippen LogP) is 2.33. The van der Waals surface area contributed by atoms with E-state index >= 15 is 0 Å². The van der Waals surface area contributed by atoms with Crippen molar-refractivity contribution in [2.75, 3.05) is 6.61 Å². The molecular weight excluding hydrogens is 350 g/mol. The van der Waals surface area contributed by atoms with Crippen LogP contribution in [0.15, 0.2) is 42.5 Å². The first-order valence-corrected chi connectivity index (χ1v) is 8.43. The van der Waals surface area contributed by atoms with Gasteiger partial charge < -0.3 is 4.74 Å². The highest BCUT2D eigenvalue weighted by Crippen LogP contribution is 2.18. The summed E-state index contributed by atoms with van der Waals surface area (Å²) in [5, 5.41) is 2.43. The van der Waals surface area contributed by atoms with Crippen LogP contribution in [0.4, 0.5) is 0 Å². The van der Waals surface area contributed by atoms with Crippen LogP contribution >= 0.6 is 12.2 Å². The lowest BCUT2D eigenvalue weighted by molar-refractivity contribution is -0.121. The Labute approximate surface area is 157 Å². The van der Waals surface area contributed by atoms with Crippen LogP contribution in [0.5, 0.6) is 5.75 Å². The van der Waals surface area contributed by atoms with Crippen LogP contribution in [0.3, 0.4) is 0 Å². The molecule has 0 spiro atoms. The number of aryl methyl sites for hydroxylation is 3. The molecule has 2 rings (SSSR count). The Kier molecular flexibility index (Phi) is 6.68. The number of hydrazine groups is 1. The van der Waals surface area contributed by atoms with Gasteiger partial charge in [-0.25, -0.2) is 0 Å². The molecule has 0 aliphatic rings. The van der Waals surface area contributed by atoms with Crippen molar-refractivity contribution in [2.45, 2.75) is 20.8 Å². The molecule has 7 heteroatoms. The Hall–Kier alpha value is -2.93. The number of carbonyl (C=O) groups is 2. The van der Waals surface area contributed by atoms with Crippen LogP contribution in [0.2, 0.25) is 0 Å². The number of hydrogen-bond donors (Lipinski definition) is 3. The molecule has 0 saturated carbocycles. The summed E-state index contributed by atoms with van der Waals surface area (Å²) >= 11 is 5.00. The van der Waals surface area contributed by atoms with Gasteiger partial charge in [-0.1, -0.05) is 30.3 Å². The summed E-state index contributed by atoms with van der Waals surface area (Å²) in [6.07, 6.45) is 0. The van der Waals surface area contributed by atoms with Gasteiger partial charge in [0.1, 0.15) is 5.75 Å².